The summed E-state index contributed by atoms with van der Waals surface area (Å²) in [6, 6.07) is 3.69. The van der Waals surface area contributed by atoms with Crippen molar-refractivity contribution in [1.82, 2.24) is 24.6 Å². The molecule has 1 unspecified atom stereocenters. The van der Waals surface area contributed by atoms with Gasteiger partial charge in [0, 0.05) is 39.8 Å². The van der Waals surface area contributed by atoms with Crippen LogP contribution in [0.4, 0.5) is 5.82 Å². The molecule has 1 aliphatic heterocycles. The molecule has 1 aliphatic rings. The fourth-order valence-corrected chi connectivity index (χ4v) is 3.54. The lowest BCUT2D eigenvalue weighted by Gasteiger charge is -2.36. The summed E-state index contributed by atoms with van der Waals surface area (Å²) < 4.78 is 12.5. The molecule has 3 aromatic rings. The first kappa shape index (κ1) is 18.9. The second kappa shape index (κ2) is 8.26. The van der Waals surface area contributed by atoms with Gasteiger partial charge in [-0.2, -0.15) is 5.10 Å². The summed E-state index contributed by atoms with van der Waals surface area (Å²) >= 11 is 0. The number of aliphatic hydroxyl groups is 1. The third-order valence-corrected chi connectivity index (χ3v) is 4.96. The van der Waals surface area contributed by atoms with Gasteiger partial charge in [0.05, 0.1) is 30.6 Å². The van der Waals surface area contributed by atoms with Crippen LogP contribution in [0, 0.1) is 6.92 Å². The van der Waals surface area contributed by atoms with Crippen molar-refractivity contribution in [2.75, 3.05) is 44.2 Å². The predicted octanol–water partition coefficient (Wildman–Crippen LogP) is 0.964. The Morgan fingerprint density at radius 2 is 2.07 bits per heavy atom. The van der Waals surface area contributed by atoms with E-state index in [9.17, 15) is 5.11 Å². The van der Waals surface area contributed by atoms with Crippen molar-refractivity contribution in [2.45, 2.75) is 19.6 Å². The lowest BCUT2D eigenvalue weighted by molar-refractivity contribution is 0.00441. The van der Waals surface area contributed by atoms with E-state index in [1.165, 1.54) is 0 Å². The predicted molar refractivity (Wildman–Crippen MR) is 104 cm³/mol. The van der Waals surface area contributed by atoms with E-state index in [0.29, 0.717) is 19.8 Å². The van der Waals surface area contributed by atoms with Gasteiger partial charge in [-0.05, 0) is 19.1 Å². The average Bonchev–Trinajstić information content (AvgIpc) is 3.32. The molecule has 9 heteroatoms. The molecule has 150 valence electrons. The van der Waals surface area contributed by atoms with E-state index in [-0.39, 0.29) is 0 Å². The summed E-state index contributed by atoms with van der Waals surface area (Å²) in [6.45, 7) is 6.59. The highest BCUT2D eigenvalue weighted by atomic mass is 16.5. The monoisotopic (exact) mass is 386 g/mol. The Labute approximate surface area is 163 Å². The number of β-amino-alcohol motifs (C(OH)–C–C–N with tert-alkyl or cyclic N) is 1. The van der Waals surface area contributed by atoms with E-state index < -0.39 is 6.10 Å². The number of aromatic nitrogens is 4. The van der Waals surface area contributed by atoms with Crippen molar-refractivity contribution in [3.05, 3.63) is 36.2 Å². The molecule has 0 amide bonds. The van der Waals surface area contributed by atoms with Gasteiger partial charge in [0.25, 0.3) is 0 Å². The summed E-state index contributed by atoms with van der Waals surface area (Å²) in [5, 5.41) is 15.5. The van der Waals surface area contributed by atoms with E-state index in [1.54, 1.807) is 10.9 Å². The number of fused-ring (bicyclic) bond motifs is 1. The Kier molecular flexibility index (Phi) is 5.56. The molecule has 1 atom stereocenters. The normalized spacial score (nSPS) is 16.8. The lowest BCUT2D eigenvalue weighted by atomic mass is 10.2. The standard InChI is InChI=1S/C19H26N6O3/c1-14-21-18-17(10-20-23(18)2)19(22-14)25-7-5-24(6-8-25)11-15(26)12-27-13-16-4-3-9-28-16/h3-4,9-10,15,26H,5-8,11-13H2,1-2H3. The molecule has 28 heavy (non-hydrogen) atoms. The largest absolute Gasteiger partial charge is 0.467 e. The van der Waals surface area contributed by atoms with Crippen LogP contribution in [-0.4, -0.2) is 75.2 Å². The zero-order chi connectivity index (χ0) is 19.5. The minimum atomic E-state index is -0.521. The van der Waals surface area contributed by atoms with Gasteiger partial charge < -0.3 is 19.2 Å². The fraction of sp³-hybridized carbons (Fsp3) is 0.526. The van der Waals surface area contributed by atoms with Crippen LogP contribution in [0.2, 0.25) is 0 Å². The highest BCUT2D eigenvalue weighted by molar-refractivity contribution is 5.87. The van der Waals surface area contributed by atoms with Crippen molar-refractivity contribution in [2.24, 2.45) is 7.05 Å². The molecule has 1 N–H and O–H groups in total. The Morgan fingerprint density at radius 1 is 1.25 bits per heavy atom. The van der Waals surface area contributed by atoms with Crippen LogP contribution in [0.15, 0.2) is 29.0 Å². The van der Waals surface area contributed by atoms with Crippen LogP contribution in [0.5, 0.6) is 0 Å². The first-order chi connectivity index (χ1) is 13.6. The number of rotatable bonds is 7. The number of nitrogens with zero attached hydrogens (tertiary/aromatic N) is 6. The molecule has 1 fully saturated rings. The van der Waals surface area contributed by atoms with Crippen LogP contribution in [0.1, 0.15) is 11.6 Å². The number of ether oxygens (including phenoxy) is 1. The minimum Gasteiger partial charge on any atom is -0.467 e. The number of furan rings is 1. The number of hydrogen-bond donors (Lipinski definition) is 1. The van der Waals surface area contributed by atoms with E-state index in [0.717, 1.165) is 54.6 Å². The third kappa shape index (κ3) is 4.16. The van der Waals surface area contributed by atoms with E-state index in [1.807, 2.05) is 32.3 Å². The lowest BCUT2D eigenvalue weighted by Crippen LogP contribution is -2.49. The number of piperazine rings is 1. The fourth-order valence-electron chi connectivity index (χ4n) is 3.54. The number of anilines is 1. The molecular formula is C19H26N6O3. The van der Waals surface area contributed by atoms with Gasteiger partial charge in [-0.15, -0.1) is 0 Å². The van der Waals surface area contributed by atoms with Crippen LogP contribution < -0.4 is 4.90 Å². The van der Waals surface area contributed by atoms with Crippen molar-refractivity contribution < 1.29 is 14.3 Å². The van der Waals surface area contributed by atoms with Crippen molar-refractivity contribution in [3.63, 3.8) is 0 Å². The number of aliphatic hydroxyl groups excluding tert-OH is 1. The van der Waals surface area contributed by atoms with Crippen LogP contribution in [0.3, 0.4) is 0 Å². The number of hydrogen-bond acceptors (Lipinski definition) is 8. The van der Waals surface area contributed by atoms with Gasteiger partial charge in [0.15, 0.2) is 5.65 Å². The molecule has 0 spiro atoms. The zero-order valence-corrected chi connectivity index (χ0v) is 16.3. The molecule has 0 bridgehead atoms. The first-order valence-corrected chi connectivity index (χ1v) is 9.52. The molecule has 1 saturated heterocycles. The smallest absolute Gasteiger partial charge is 0.163 e. The zero-order valence-electron chi connectivity index (χ0n) is 16.3. The molecule has 4 heterocycles. The summed E-state index contributed by atoms with van der Waals surface area (Å²) in [7, 11) is 1.89. The highest BCUT2D eigenvalue weighted by Gasteiger charge is 2.23. The van der Waals surface area contributed by atoms with Gasteiger partial charge in [-0.25, -0.2) is 9.97 Å². The third-order valence-electron chi connectivity index (χ3n) is 4.96. The second-order valence-corrected chi connectivity index (χ2v) is 7.14. The summed E-state index contributed by atoms with van der Waals surface area (Å²) in [4.78, 5) is 13.7. The molecule has 0 aromatic carbocycles. The maximum Gasteiger partial charge on any atom is 0.163 e. The minimum absolute atomic E-state index is 0.294. The van der Waals surface area contributed by atoms with Crippen molar-refractivity contribution in [1.29, 1.82) is 0 Å². The molecule has 0 aliphatic carbocycles. The SMILES string of the molecule is Cc1nc(N2CCN(CC(O)COCc3ccco3)CC2)c2cnn(C)c2n1. The molecular weight excluding hydrogens is 360 g/mol. The number of aryl methyl sites for hydroxylation is 2. The Hall–Kier alpha value is -2.49. The second-order valence-electron chi connectivity index (χ2n) is 7.14. The Bertz CT molecular complexity index is 902. The van der Waals surface area contributed by atoms with Crippen LogP contribution in [0.25, 0.3) is 11.0 Å². The van der Waals surface area contributed by atoms with Gasteiger partial charge in [0.1, 0.15) is 24.0 Å². The molecule has 0 radical (unpaired) electrons. The van der Waals surface area contributed by atoms with Gasteiger partial charge >= 0.3 is 0 Å². The summed E-state index contributed by atoms with van der Waals surface area (Å²) in [5.41, 5.74) is 0.856. The summed E-state index contributed by atoms with van der Waals surface area (Å²) in [5.74, 6) is 2.46. The maximum atomic E-state index is 10.3. The average molecular weight is 386 g/mol. The summed E-state index contributed by atoms with van der Waals surface area (Å²) in [6.07, 6.45) is 2.93. The maximum absolute atomic E-state index is 10.3. The molecule has 4 rings (SSSR count). The van der Waals surface area contributed by atoms with Crippen molar-refractivity contribution >= 4 is 16.9 Å². The van der Waals surface area contributed by atoms with Crippen LogP contribution in [-0.2, 0) is 18.4 Å². The Morgan fingerprint density at radius 3 is 2.82 bits per heavy atom. The van der Waals surface area contributed by atoms with Gasteiger partial charge in [-0.1, -0.05) is 0 Å². The quantitative estimate of drug-likeness (QED) is 0.642. The highest BCUT2D eigenvalue weighted by Crippen LogP contribution is 2.24. The molecule has 3 aromatic heterocycles. The molecule has 9 nitrogen and oxygen atoms in total. The van der Waals surface area contributed by atoms with Crippen molar-refractivity contribution in [3.8, 4) is 0 Å². The topological polar surface area (TPSA) is 92.7 Å². The van der Waals surface area contributed by atoms with Gasteiger partial charge in [0.2, 0.25) is 0 Å². The van der Waals surface area contributed by atoms with E-state index in [2.05, 4.69) is 24.9 Å². The van der Waals surface area contributed by atoms with Gasteiger partial charge in [-0.3, -0.25) is 9.58 Å². The first-order valence-electron chi connectivity index (χ1n) is 9.52. The van der Waals surface area contributed by atoms with Crippen LogP contribution >= 0.6 is 0 Å². The molecule has 0 saturated carbocycles. The Balaban J connectivity index is 1.29. The van der Waals surface area contributed by atoms with E-state index in [4.69, 9.17) is 9.15 Å². The van der Waals surface area contributed by atoms with E-state index >= 15 is 0 Å².